The Morgan fingerprint density at radius 2 is 1.67 bits per heavy atom. The summed E-state index contributed by atoms with van der Waals surface area (Å²) in [4.78, 5) is 1.46. The molecule has 2 atom stereocenters. The van der Waals surface area contributed by atoms with Crippen LogP contribution in [-0.4, -0.2) is 34.1 Å². The average Bonchev–Trinajstić information content (AvgIpc) is 1.64. The molecule has 0 amide bonds. The maximum atomic E-state index is 8.91. The van der Waals surface area contributed by atoms with Gasteiger partial charge < -0.3 is 10.2 Å². The summed E-state index contributed by atoms with van der Waals surface area (Å²) < 4.78 is 0. The van der Waals surface area contributed by atoms with Gasteiger partial charge >= 0.3 is 0 Å². The minimum atomic E-state index is -0.623. The third-order valence-electron chi connectivity index (χ3n) is 1.22. The molecule has 3 heteroatoms. The maximum absolute atomic E-state index is 8.91. The van der Waals surface area contributed by atoms with Crippen LogP contribution in [0.4, 0.5) is 0 Å². The van der Waals surface area contributed by atoms with Gasteiger partial charge in [-0.1, -0.05) is 0 Å². The van der Waals surface area contributed by atoms with Crippen LogP contribution >= 0.6 is 0 Å². The van der Waals surface area contributed by atoms with Crippen LogP contribution in [0.25, 0.3) is 0 Å². The van der Waals surface area contributed by atoms with E-state index < -0.39 is 12.5 Å². The van der Waals surface area contributed by atoms with Gasteiger partial charge in [0.2, 0.25) is 0 Å². The first kappa shape index (κ1) is 8.88. The summed E-state index contributed by atoms with van der Waals surface area (Å²) >= 11 is 0. The molecule has 0 aliphatic rings. The molecular formula is C6H14NO2. The Hall–Kier alpha value is -0.120. The van der Waals surface area contributed by atoms with Crippen molar-refractivity contribution in [3.05, 3.63) is 6.92 Å². The van der Waals surface area contributed by atoms with Crippen molar-refractivity contribution in [3.8, 4) is 0 Å². The van der Waals surface area contributed by atoms with Crippen LogP contribution in [0.1, 0.15) is 13.8 Å². The predicted octanol–water partition coefficient (Wildman–Crippen LogP) is -0.201. The minimum absolute atomic E-state index is 0.412. The van der Waals surface area contributed by atoms with Gasteiger partial charge in [-0.05, 0) is 20.8 Å². The van der Waals surface area contributed by atoms with Gasteiger partial charge in [0.15, 0.2) is 0 Å². The number of hydrogen-bond acceptors (Lipinski definition) is 3. The van der Waals surface area contributed by atoms with E-state index in [9.17, 15) is 0 Å². The fourth-order valence-electron chi connectivity index (χ4n) is 0.686. The highest BCUT2D eigenvalue weighted by atomic mass is 16.3. The average molecular weight is 132 g/mol. The van der Waals surface area contributed by atoms with E-state index >= 15 is 0 Å². The molecule has 0 bridgehead atoms. The fraction of sp³-hybridized carbons (Fsp3) is 0.833. The quantitative estimate of drug-likeness (QED) is 0.523. The first-order valence-electron chi connectivity index (χ1n) is 3.00. The van der Waals surface area contributed by atoms with E-state index in [2.05, 4.69) is 6.92 Å². The molecule has 0 spiro atoms. The van der Waals surface area contributed by atoms with Gasteiger partial charge in [0.1, 0.15) is 12.5 Å². The highest BCUT2D eigenvalue weighted by Gasteiger charge is 2.12. The van der Waals surface area contributed by atoms with Crippen LogP contribution in [-0.2, 0) is 0 Å². The Bertz CT molecular complexity index is 65.5. The molecular weight excluding hydrogens is 118 g/mol. The first-order chi connectivity index (χ1) is 4.09. The zero-order valence-corrected chi connectivity index (χ0v) is 5.91. The van der Waals surface area contributed by atoms with Crippen molar-refractivity contribution in [1.82, 2.24) is 4.90 Å². The van der Waals surface area contributed by atoms with Gasteiger partial charge in [0, 0.05) is 6.54 Å². The van der Waals surface area contributed by atoms with E-state index in [1.165, 1.54) is 4.90 Å². The van der Waals surface area contributed by atoms with Crippen molar-refractivity contribution in [2.75, 3.05) is 6.54 Å². The molecule has 0 rings (SSSR count). The molecule has 0 aliphatic carbocycles. The summed E-state index contributed by atoms with van der Waals surface area (Å²) in [6.07, 6.45) is -1.25. The highest BCUT2D eigenvalue weighted by Crippen LogP contribution is 1.98. The number of rotatable bonds is 3. The highest BCUT2D eigenvalue weighted by molar-refractivity contribution is 4.58. The predicted molar refractivity (Wildman–Crippen MR) is 35.4 cm³/mol. The Labute approximate surface area is 55.9 Å². The lowest BCUT2D eigenvalue weighted by Crippen LogP contribution is -2.39. The second-order valence-corrected chi connectivity index (χ2v) is 2.00. The molecule has 0 saturated carbocycles. The lowest BCUT2D eigenvalue weighted by atomic mass is 10.4. The van der Waals surface area contributed by atoms with Crippen molar-refractivity contribution in [1.29, 1.82) is 0 Å². The standard InChI is InChI=1S/C6H14NO2/c1-4-7(5(2)8)6(3)9/h5-6,8-9H,1,4H2,2-3H3. The van der Waals surface area contributed by atoms with Crippen LogP contribution in [0.3, 0.4) is 0 Å². The Balaban J connectivity index is 3.68. The number of hydrogen-bond donors (Lipinski definition) is 2. The van der Waals surface area contributed by atoms with Crippen LogP contribution in [0, 0.1) is 6.92 Å². The molecule has 55 valence electrons. The molecule has 2 unspecified atom stereocenters. The van der Waals surface area contributed by atoms with E-state index in [0.29, 0.717) is 6.54 Å². The lowest BCUT2D eigenvalue weighted by molar-refractivity contribution is -0.0770. The first-order valence-corrected chi connectivity index (χ1v) is 3.00. The van der Waals surface area contributed by atoms with E-state index in [0.717, 1.165) is 0 Å². The molecule has 3 nitrogen and oxygen atoms in total. The third-order valence-corrected chi connectivity index (χ3v) is 1.22. The van der Waals surface area contributed by atoms with Gasteiger partial charge in [-0.25, -0.2) is 0 Å². The topological polar surface area (TPSA) is 43.7 Å². The van der Waals surface area contributed by atoms with Gasteiger partial charge in [-0.3, -0.25) is 4.90 Å². The molecule has 0 aromatic carbocycles. The fourth-order valence-corrected chi connectivity index (χ4v) is 0.686. The number of aliphatic hydroxyl groups is 2. The minimum Gasteiger partial charge on any atom is -0.379 e. The van der Waals surface area contributed by atoms with E-state index in [-0.39, 0.29) is 0 Å². The third kappa shape index (κ3) is 2.79. The lowest BCUT2D eigenvalue weighted by Gasteiger charge is -2.25. The van der Waals surface area contributed by atoms with Crippen LogP contribution in [0.15, 0.2) is 0 Å². The second-order valence-electron chi connectivity index (χ2n) is 2.00. The normalized spacial score (nSPS) is 18.0. The molecule has 2 N–H and O–H groups in total. The van der Waals surface area contributed by atoms with Crippen molar-refractivity contribution in [3.63, 3.8) is 0 Å². The maximum Gasteiger partial charge on any atom is 0.106 e. The molecule has 0 saturated heterocycles. The summed E-state index contributed by atoms with van der Waals surface area (Å²) in [6, 6.07) is 0. The number of nitrogens with zero attached hydrogens (tertiary/aromatic N) is 1. The van der Waals surface area contributed by atoms with E-state index in [4.69, 9.17) is 10.2 Å². The Morgan fingerprint density at radius 1 is 1.33 bits per heavy atom. The largest absolute Gasteiger partial charge is 0.379 e. The summed E-state index contributed by atoms with van der Waals surface area (Å²) in [6.45, 7) is 7.14. The van der Waals surface area contributed by atoms with Crippen LogP contribution < -0.4 is 0 Å². The van der Waals surface area contributed by atoms with Crippen LogP contribution in [0.2, 0.25) is 0 Å². The second kappa shape index (κ2) is 3.82. The number of aliphatic hydroxyl groups excluding tert-OH is 2. The summed E-state index contributed by atoms with van der Waals surface area (Å²) in [5, 5.41) is 17.8. The van der Waals surface area contributed by atoms with Gasteiger partial charge in [-0.2, -0.15) is 0 Å². The van der Waals surface area contributed by atoms with Crippen molar-refractivity contribution >= 4 is 0 Å². The van der Waals surface area contributed by atoms with Gasteiger partial charge in [-0.15, -0.1) is 0 Å². The van der Waals surface area contributed by atoms with E-state index in [1.807, 2.05) is 0 Å². The summed E-state index contributed by atoms with van der Waals surface area (Å²) in [5.74, 6) is 0. The zero-order chi connectivity index (χ0) is 7.44. The monoisotopic (exact) mass is 132 g/mol. The van der Waals surface area contributed by atoms with Crippen LogP contribution in [0.5, 0.6) is 0 Å². The Kier molecular flexibility index (Phi) is 3.77. The molecule has 0 aromatic rings. The molecule has 1 radical (unpaired) electrons. The molecule has 0 fully saturated rings. The zero-order valence-electron chi connectivity index (χ0n) is 5.91. The molecule has 9 heavy (non-hydrogen) atoms. The van der Waals surface area contributed by atoms with Crippen molar-refractivity contribution in [2.24, 2.45) is 0 Å². The molecule has 0 aliphatic heterocycles. The van der Waals surface area contributed by atoms with Gasteiger partial charge in [0.25, 0.3) is 0 Å². The summed E-state index contributed by atoms with van der Waals surface area (Å²) in [7, 11) is 0. The van der Waals surface area contributed by atoms with E-state index in [1.54, 1.807) is 13.8 Å². The SMILES string of the molecule is [CH2]CN(C(C)O)C(C)O. The Morgan fingerprint density at radius 3 is 1.67 bits per heavy atom. The van der Waals surface area contributed by atoms with Gasteiger partial charge in [0.05, 0.1) is 0 Å². The smallest absolute Gasteiger partial charge is 0.106 e. The van der Waals surface area contributed by atoms with Crippen molar-refractivity contribution in [2.45, 2.75) is 26.3 Å². The molecule has 0 aromatic heterocycles. The van der Waals surface area contributed by atoms with Crippen molar-refractivity contribution < 1.29 is 10.2 Å². The summed E-state index contributed by atoms with van der Waals surface area (Å²) in [5.41, 5.74) is 0. The molecule has 0 heterocycles.